The van der Waals surface area contributed by atoms with Gasteiger partial charge in [0.25, 0.3) is 0 Å². The average molecular weight is 286 g/mol. The van der Waals surface area contributed by atoms with Crippen LogP contribution >= 0.6 is 15.9 Å². The summed E-state index contributed by atoms with van der Waals surface area (Å²) in [4.78, 5) is 24.6. The van der Waals surface area contributed by atoms with Crippen molar-refractivity contribution in [2.45, 2.75) is 19.4 Å². The summed E-state index contributed by atoms with van der Waals surface area (Å²) in [6.07, 6.45) is 4.36. The van der Waals surface area contributed by atoms with Gasteiger partial charge in [0.05, 0.1) is 10.7 Å². The molecule has 2 heterocycles. The van der Waals surface area contributed by atoms with Crippen LogP contribution < -0.4 is 0 Å². The third-order valence-corrected chi connectivity index (χ3v) is 2.98. The molecule has 0 aromatic carbocycles. The van der Waals surface area contributed by atoms with Gasteiger partial charge in [-0.2, -0.15) is 5.10 Å². The number of hydrogen-bond acceptors (Lipinski definition) is 3. The molecule has 16 heavy (non-hydrogen) atoms. The molecule has 0 bridgehead atoms. The number of aromatic nitrogens is 2. The zero-order chi connectivity index (χ0) is 11.5. The number of halogens is 1. The molecule has 1 amide bonds. The normalized spacial score (nSPS) is 16.6. The van der Waals surface area contributed by atoms with Crippen LogP contribution in [0.3, 0.4) is 0 Å². The minimum Gasteiger partial charge on any atom is -0.340 e. The van der Waals surface area contributed by atoms with Crippen LogP contribution in [0.1, 0.15) is 12.8 Å². The highest BCUT2D eigenvalue weighted by molar-refractivity contribution is 9.10. The van der Waals surface area contributed by atoms with E-state index in [0.29, 0.717) is 25.9 Å². The largest absolute Gasteiger partial charge is 0.340 e. The topological polar surface area (TPSA) is 55.2 Å². The molecule has 0 N–H and O–H groups in total. The standard InChI is InChI=1S/C10H12BrN3O2/c11-8-5-12-14(6-8)7-10(16)13-3-1-9(15)2-4-13/h5-6H,1-4,7H2. The molecule has 1 aromatic heterocycles. The van der Waals surface area contributed by atoms with E-state index in [0.717, 1.165) is 4.47 Å². The fourth-order valence-corrected chi connectivity index (χ4v) is 2.00. The molecule has 0 aliphatic carbocycles. The number of piperidine rings is 1. The maximum absolute atomic E-state index is 11.8. The maximum atomic E-state index is 11.8. The summed E-state index contributed by atoms with van der Waals surface area (Å²) in [5.41, 5.74) is 0. The Kier molecular flexibility index (Phi) is 3.38. The Morgan fingerprint density at radius 2 is 2.12 bits per heavy atom. The number of likely N-dealkylation sites (tertiary alicyclic amines) is 1. The van der Waals surface area contributed by atoms with Gasteiger partial charge >= 0.3 is 0 Å². The van der Waals surface area contributed by atoms with Gasteiger partial charge in [-0.25, -0.2) is 0 Å². The minimum absolute atomic E-state index is 0.0168. The van der Waals surface area contributed by atoms with E-state index in [1.54, 1.807) is 22.0 Å². The van der Waals surface area contributed by atoms with E-state index >= 15 is 0 Å². The van der Waals surface area contributed by atoms with Crippen molar-refractivity contribution in [3.8, 4) is 0 Å². The summed E-state index contributed by atoms with van der Waals surface area (Å²) in [5, 5.41) is 4.02. The molecule has 6 heteroatoms. The molecule has 2 rings (SSSR count). The van der Waals surface area contributed by atoms with Crippen LogP contribution in [0.15, 0.2) is 16.9 Å². The molecule has 86 valence electrons. The molecule has 1 aliphatic heterocycles. The van der Waals surface area contributed by atoms with Gasteiger partial charge in [-0.1, -0.05) is 0 Å². The fourth-order valence-electron chi connectivity index (χ4n) is 1.67. The molecule has 0 radical (unpaired) electrons. The van der Waals surface area contributed by atoms with Crippen LogP contribution in [-0.2, 0) is 16.1 Å². The van der Waals surface area contributed by atoms with Gasteiger partial charge in [0, 0.05) is 32.1 Å². The lowest BCUT2D eigenvalue weighted by atomic mass is 10.1. The summed E-state index contributed by atoms with van der Waals surface area (Å²) in [7, 11) is 0. The lowest BCUT2D eigenvalue weighted by Gasteiger charge is -2.25. The number of carbonyl (C=O) groups is 2. The molecular formula is C10H12BrN3O2. The first-order valence-corrected chi connectivity index (χ1v) is 5.92. The lowest BCUT2D eigenvalue weighted by molar-refractivity contribution is -0.135. The zero-order valence-corrected chi connectivity index (χ0v) is 10.3. The van der Waals surface area contributed by atoms with Crippen molar-refractivity contribution in [1.82, 2.24) is 14.7 Å². The number of nitrogens with zero attached hydrogens (tertiary/aromatic N) is 3. The maximum Gasteiger partial charge on any atom is 0.244 e. The summed E-state index contributed by atoms with van der Waals surface area (Å²) in [5.74, 6) is 0.258. The van der Waals surface area contributed by atoms with Gasteiger partial charge in [-0.05, 0) is 15.9 Å². The van der Waals surface area contributed by atoms with E-state index < -0.39 is 0 Å². The predicted octanol–water partition coefficient (Wildman–Crippen LogP) is 0.837. The summed E-state index contributed by atoms with van der Waals surface area (Å²) in [6.45, 7) is 1.32. The Bertz CT molecular complexity index is 406. The van der Waals surface area contributed by atoms with Crippen LogP contribution in [0.4, 0.5) is 0 Å². The van der Waals surface area contributed by atoms with Gasteiger partial charge in [0.15, 0.2) is 0 Å². The fraction of sp³-hybridized carbons (Fsp3) is 0.500. The smallest absolute Gasteiger partial charge is 0.244 e. The van der Waals surface area contributed by atoms with E-state index in [-0.39, 0.29) is 18.2 Å². The minimum atomic E-state index is 0.0168. The highest BCUT2D eigenvalue weighted by Gasteiger charge is 2.20. The van der Waals surface area contributed by atoms with Crippen molar-refractivity contribution in [2.75, 3.05) is 13.1 Å². The third-order valence-electron chi connectivity index (χ3n) is 2.57. The Balaban J connectivity index is 1.91. The Hall–Kier alpha value is -1.17. The first-order valence-electron chi connectivity index (χ1n) is 5.12. The van der Waals surface area contributed by atoms with Gasteiger partial charge < -0.3 is 4.90 Å². The highest BCUT2D eigenvalue weighted by Crippen LogP contribution is 2.09. The van der Waals surface area contributed by atoms with E-state index in [1.165, 1.54) is 0 Å². The Labute approximate surface area is 102 Å². The van der Waals surface area contributed by atoms with E-state index in [4.69, 9.17) is 0 Å². The second-order valence-corrected chi connectivity index (χ2v) is 4.69. The molecule has 0 saturated carbocycles. The van der Waals surface area contributed by atoms with Crippen molar-refractivity contribution < 1.29 is 9.59 Å². The van der Waals surface area contributed by atoms with Crippen LogP contribution in [0.25, 0.3) is 0 Å². The first kappa shape index (κ1) is 11.3. The van der Waals surface area contributed by atoms with Crippen molar-refractivity contribution in [3.63, 3.8) is 0 Å². The van der Waals surface area contributed by atoms with Crippen molar-refractivity contribution in [3.05, 3.63) is 16.9 Å². The van der Waals surface area contributed by atoms with E-state index in [2.05, 4.69) is 21.0 Å². The van der Waals surface area contributed by atoms with E-state index in [1.807, 2.05) is 0 Å². The summed E-state index contributed by atoms with van der Waals surface area (Å²) < 4.78 is 2.44. The zero-order valence-electron chi connectivity index (χ0n) is 8.73. The molecule has 1 aliphatic rings. The number of rotatable bonds is 2. The number of Topliss-reactive ketones (excluding diaryl/α,β-unsaturated/α-hetero) is 1. The molecule has 0 spiro atoms. The number of ketones is 1. The lowest BCUT2D eigenvalue weighted by Crippen LogP contribution is -2.40. The van der Waals surface area contributed by atoms with Crippen molar-refractivity contribution in [2.24, 2.45) is 0 Å². The number of amides is 1. The molecular weight excluding hydrogens is 274 g/mol. The second-order valence-electron chi connectivity index (χ2n) is 3.78. The molecule has 1 aromatic rings. The van der Waals surface area contributed by atoms with Gasteiger partial charge in [-0.15, -0.1) is 0 Å². The highest BCUT2D eigenvalue weighted by atomic mass is 79.9. The SMILES string of the molecule is O=C1CCN(C(=O)Cn2cc(Br)cn2)CC1. The molecule has 1 saturated heterocycles. The quantitative estimate of drug-likeness (QED) is 0.809. The van der Waals surface area contributed by atoms with E-state index in [9.17, 15) is 9.59 Å². The van der Waals surface area contributed by atoms with Crippen LogP contribution in [0.5, 0.6) is 0 Å². The van der Waals surface area contributed by atoms with Crippen LogP contribution in [-0.4, -0.2) is 39.5 Å². The molecule has 0 unspecified atom stereocenters. The first-order chi connectivity index (χ1) is 7.65. The Morgan fingerprint density at radius 3 is 2.69 bits per heavy atom. The van der Waals surface area contributed by atoms with Gasteiger partial charge in [0.1, 0.15) is 12.3 Å². The number of hydrogen-bond donors (Lipinski definition) is 0. The molecule has 5 nitrogen and oxygen atoms in total. The predicted molar refractivity (Wildman–Crippen MR) is 60.7 cm³/mol. The summed E-state index contributed by atoms with van der Waals surface area (Å²) in [6, 6.07) is 0. The summed E-state index contributed by atoms with van der Waals surface area (Å²) >= 11 is 3.27. The Morgan fingerprint density at radius 1 is 1.44 bits per heavy atom. The average Bonchev–Trinajstić information content (AvgIpc) is 2.65. The monoisotopic (exact) mass is 285 g/mol. The number of carbonyl (C=O) groups excluding carboxylic acids is 2. The molecule has 0 atom stereocenters. The van der Waals surface area contributed by atoms with Gasteiger partial charge in [-0.3, -0.25) is 14.3 Å². The second kappa shape index (κ2) is 4.78. The van der Waals surface area contributed by atoms with Crippen LogP contribution in [0, 0.1) is 0 Å². The third kappa shape index (κ3) is 2.69. The van der Waals surface area contributed by atoms with Crippen molar-refractivity contribution in [1.29, 1.82) is 0 Å². The van der Waals surface area contributed by atoms with Crippen molar-refractivity contribution >= 4 is 27.6 Å². The molecule has 1 fully saturated rings. The van der Waals surface area contributed by atoms with Crippen LogP contribution in [0.2, 0.25) is 0 Å². The van der Waals surface area contributed by atoms with Gasteiger partial charge in [0.2, 0.25) is 5.91 Å².